The highest BCUT2D eigenvalue weighted by molar-refractivity contribution is 6.62. The van der Waals surface area contributed by atoms with Crippen LogP contribution in [0.4, 0.5) is 0 Å². The Morgan fingerprint density at radius 1 is 1.13 bits per heavy atom. The van der Waals surface area contributed by atoms with E-state index in [1.165, 1.54) is 0 Å². The van der Waals surface area contributed by atoms with Crippen molar-refractivity contribution in [1.29, 1.82) is 0 Å². The van der Waals surface area contributed by atoms with E-state index in [-0.39, 0.29) is 18.3 Å². The standard InChI is InChI=1S/C10H18O4Si/c1-7-10-8(2)13-15(12-7,14-10)5-3-4-9-6-11-9/h7-10H,3-6H2,1-2H3. The van der Waals surface area contributed by atoms with Crippen LogP contribution < -0.4 is 0 Å². The maximum absolute atomic E-state index is 5.94. The van der Waals surface area contributed by atoms with Crippen LogP contribution in [0.1, 0.15) is 26.7 Å². The second-order valence-electron chi connectivity index (χ2n) is 4.76. The molecule has 0 aromatic carbocycles. The zero-order valence-electron chi connectivity index (χ0n) is 9.27. The molecule has 2 bridgehead atoms. The second kappa shape index (κ2) is 3.53. The first-order valence-corrected chi connectivity index (χ1v) is 7.77. The lowest BCUT2D eigenvalue weighted by Gasteiger charge is -2.26. The summed E-state index contributed by atoms with van der Waals surface area (Å²) in [6.07, 6.45) is 3.34. The van der Waals surface area contributed by atoms with Gasteiger partial charge >= 0.3 is 8.80 Å². The molecule has 0 N–H and O–H groups in total. The summed E-state index contributed by atoms with van der Waals surface area (Å²) < 4.78 is 22.9. The molecular formula is C10H18O4Si. The van der Waals surface area contributed by atoms with Gasteiger partial charge in [0.25, 0.3) is 0 Å². The normalized spacial score (nSPS) is 52.4. The van der Waals surface area contributed by atoms with Crippen LogP contribution in [0, 0.1) is 0 Å². The molecule has 3 aliphatic heterocycles. The van der Waals surface area contributed by atoms with Crippen molar-refractivity contribution in [2.45, 2.75) is 57.1 Å². The minimum atomic E-state index is -2.25. The molecule has 0 amide bonds. The molecule has 3 rings (SSSR count). The lowest BCUT2D eigenvalue weighted by atomic mass is 10.1. The molecule has 86 valence electrons. The van der Waals surface area contributed by atoms with E-state index in [0.717, 1.165) is 25.5 Å². The topological polar surface area (TPSA) is 40.2 Å². The van der Waals surface area contributed by atoms with Gasteiger partial charge in [0, 0.05) is 6.04 Å². The Morgan fingerprint density at radius 3 is 2.33 bits per heavy atom. The second-order valence-corrected chi connectivity index (χ2v) is 7.33. The average molecular weight is 230 g/mol. The fourth-order valence-corrected chi connectivity index (χ4v) is 5.88. The summed E-state index contributed by atoms with van der Waals surface area (Å²) in [6, 6.07) is 0.956. The van der Waals surface area contributed by atoms with Crippen LogP contribution in [0.15, 0.2) is 0 Å². The lowest BCUT2D eigenvalue weighted by molar-refractivity contribution is 0.0405. The van der Waals surface area contributed by atoms with Gasteiger partial charge in [-0.25, -0.2) is 0 Å². The largest absolute Gasteiger partial charge is 0.502 e. The summed E-state index contributed by atoms with van der Waals surface area (Å²) in [4.78, 5) is 0. The molecule has 3 heterocycles. The molecule has 0 aromatic rings. The van der Waals surface area contributed by atoms with Gasteiger partial charge in [0.05, 0.1) is 31.0 Å². The molecule has 3 atom stereocenters. The molecule has 0 radical (unpaired) electrons. The van der Waals surface area contributed by atoms with Crippen LogP contribution >= 0.6 is 0 Å². The average Bonchev–Trinajstić information content (AvgIpc) is 2.85. The van der Waals surface area contributed by atoms with E-state index in [9.17, 15) is 0 Å². The predicted molar refractivity (Wildman–Crippen MR) is 55.5 cm³/mol. The van der Waals surface area contributed by atoms with E-state index >= 15 is 0 Å². The van der Waals surface area contributed by atoms with Crippen LogP contribution in [0.2, 0.25) is 6.04 Å². The number of epoxide rings is 1. The summed E-state index contributed by atoms with van der Waals surface area (Å²) in [6.45, 7) is 5.11. The summed E-state index contributed by atoms with van der Waals surface area (Å²) in [5.41, 5.74) is 0. The van der Waals surface area contributed by atoms with Crippen LogP contribution in [0.25, 0.3) is 0 Å². The number of rotatable bonds is 4. The first-order chi connectivity index (χ1) is 7.19. The molecule has 15 heavy (non-hydrogen) atoms. The Balaban J connectivity index is 1.54. The van der Waals surface area contributed by atoms with Crippen molar-refractivity contribution in [3.8, 4) is 0 Å². The van der Waals surface area contributed by atoms with Gasteiger partial charge in [-0.2, -0.15) is 0 Å². The van der Waals surface area contributed by atoms with E-state index < -0.39 is 8.80 Å². The maximum atomic E-state index is 5.94. The summed E-state index contributed by atoms with van der Waals surface area (Å²) >= 11 is 0. The first kappa shape index (κ1) is 10.2. The zero-order chi connectivity index (χ0) is 10.5. The molecule has 3 unspecified atom stereocenters. The van der Waals surface area contributed by atoms with Crippen molar-refractivity contribution in [2.24, 2.45) is 0 Å². The summed E-state index contributed by atoms with van der Waals surface area (Å²) in [5, 5.41) is 0. The predicted octanol–water partition coefficient (Wildman–Crippen LogP) is 1.33. The van der Waals surface area contributed by atoms with Crippen molar-refractivity contribution in [2.75, 3.05) is 6.61 Å². The van der Waals surface area contributed by atoms with Crippen molar-refractivity contribution < 1.29 is 18.0 Å². The van der Waals surface area contributed by atoms with Crippen molar-refractivity contribution >= 4 is 8.80 Å². The number of ether oxygens (including phenoxy) is 1. The Hall–Kier alpha value is 0.0569. The van der Waals surface area contributed by atoms with Gasteiger partial charge in [-0.3, -0.25) is 0 Å². The SMILES string of the molecule is CC1O[Si]2(CCCC3CO3)OC(C)C1O2. The van der Waals surface area contributed by atoms with Crippen LogP contribution in [-0.2, 0) is 18.0 Å². The molecule has 3 fully saturated rings. The number of hydrogen-bond acceptors (Lipinski definition) is 4. The Kier molecular flexibility index (Phi) is 2.41. The van der Waals surface area contributed by atoms with Crippen LogP contribution in [0.3, 0.4) is 0 Å². The quantitative estimate of drug-likeness (QED) is 0.539. The van der Waals surface area contributed by atoms with Gasteiger partial charge in [-0.05, 0) is 26.7 Å². The molecule has 0 spiro atoms. The van der Waals surface area contributed by atoms with Crippen LogP contribution in [0.5, 0.6) is 0 Å². The lowest BCUT2D eigenvalue weighted by Crippen LogP contribution is -2.43. The third-order valence-corrected chi connectivity index (χ3v) is 6.44. The molecule has 3 aliphatic rings. The van der Waals surface area contributed by atoms with E-state index in [2.05, 4.69) is 13.8 Å². The summed E-state index contributed by atoms with van der Waals surface area (Å²) in [7, 11) is -2.25. The zero-order valence-corrected chi connectivity index (χ0v) is 10.3. The monoisotopic (exact) mass is 230 g/mol. The van der Waals surface area contributed by atoms with E-state index in [1.54, 1.807) is 0 Å². The highest BCUT2D eigenvalue weighted by Crippen LogP contribution is 2.40. The molecule has 5 heteroatoms. The van der Waals surface area contributed by atoms with Gasteiger partial charge < -0.3 is 18.0 Å². The third kappa shape index (κ3) is 1.87. The van der Waals surface area contributed by atoms with Gasteiger partial charge in [-0.15, -0.1) is 0 Å². The summed E-state index contributed by atoms with van der Waals surface area (Å²) in [5.74, 6) is 0. The number of hydrogen-bond donors (Lipinski definition) is 0. The Bertz CT molecular complexity index is 244. The van der Waals surface area contributed by atoms with E-state index in [0.29, 0.717) is 6.10 Å². The fraction of sp³-hybridized carbons (Fsp3) is 1.00. The van der Waals surface area contributed by atoms with E-state index in [1.807, 2.05) is 0 Å². The molecule has 3 saturated heterocycles. The molecule has 0 aromatic heterocycles. The Morgan fingerprint density at radius 2 is 1.80 bits per heavy atom. The Labute approximate surface area is 91.2 Å². The van der Waals surface area contributed by atoms with Gasteiger partial charge in [-0.1, -0.05) is 0 Å². The van der Waals surface area contributed by atoms with Crippen molar-refractivity contribution in [3.05, 3.63) is 0 Å². The van der Waals surface area contributed by atoms with Crippen molar-refractivity contribution in [3.63, 3.8) is 0 Å². The fourth-order valence-electron chi connectivity index (χ4n) is 2.52. The van der Waals surface area contributed by atoms with Gasteiger partial charge in [0.2, 0.25) is 0 Å². The molecule has 4 nitrogen and oxygen atoms in total. The minimum absolute atomic E-state index is 0.175. The van der Waals surface area contributed by atoms with E-state index in [4.69, 9.17) is 18.0 Å². The molecular weight excluding hydrogens is 212 g/mol. The highest BCUT2D eigenvalue weighted by atomic mass is 28.4. The molecule has 0 saturated carbocycles. The number of fused-ring (bicyclic) bond motifs is 2. The van der Waals surface area contributed by atoms with Gasteiger partial charge in [0.15, 0.2) is 0 Å². The first-order valence-electron chi connectivity index (χ1n) is 5.84. The minimum Gasteiger partial charge on any atom is -0.373 e. The maximum Gasteiger partial charge on any atom is 0.502 e. The van der Waals surface area contributed by atoms with Gasteiger partial charge in [0.1, 0.15) is 0 Å². The smallest absolute Gasteiger partial charge is 0.373 e. The highest BCUT2D eigenvalue weighted by Gasteiger charge is 2.60. The third-order valence-electron chi connectivity index (χ3n) is 3.38. The van der Waals surface area contributed by atoms with Crippen LogP contribution in [-0.4, -0.2) is 39.8 Å². The van der Waals surface area contributed by atoms with Crippen molar-refractivity contribution in [1.82, 2.24) is 0 Å². The molecule has 0 aliphatic carbocycles.